The Hall–Kier alpha value is -3.21. The first-order chi connectivity index (χ1) is 18.8. The molecule has 4 aromatic carbocycles. The minimum Gasteiger partial charge on any atom is -0.507 e. The number of aromatic hydroxyl groups is 1. The van der Waals surface area contributed by atoms with Crippen LogP contribution in [0.4, 0.5) is 0 Å². The highest BCUT2D eigenvalue weighted by molar-refractivity contribution is 7.45. The van der Waals surface area contributed by atoms with Crippen LogP contribution in [-0.4, -0.2) is 19.8 Å². The molecule has 6 heteroatoms. The summed E-state index contributed by atoms with van der Waals surface area (Å²) in [6, 6.07) is 35.6. The fourth-order valence-electron chi connectivity index (χ4n) is 4.87. The Morgan fingerprint density at radius 2 is 0.949 bits per heavy atom. The smallest absolute Gasteiger partial charge is 0.466 e. The van der Waals surface area contributed by atoms with Crippen molar-refractivity contribution >= 4 is 7.82 Å². The van der Waals surface area contributed by atoms with Crippen LogP contribution < -0.4 is 0 Å². The van der Waals surface area contributed by atoms with Crippen molar-refractivity contribution in [3.8, 4) is 28.0 Å². The van der Waals surface area contributed by atoms with Crippen molar-refractivity contribution in [1.82, 2.24) is 0 Å². The summed E-state index contributed by atoms with van der Waals surface area (Å²) in [5.74, 6) is 0.374. The number of phosphoric acid groups is 1. The van der Waals surface area contributed by atoms with E-state index in [1.807, 2.05) is 24.3 Å². The van der Waals surface area contributed by atoms with E-state index in [1.165, 1.54) is 67.2 Å². The predicted molar refractivity (Wildman–Crippen MR) is 159 cm³/mol. The molecule has 0 saturated carbocycles. The van der Waals surface area contributed by atoms with Crippen molar-refractivity contribution < 1.29 is 24.4 Å². The predicted octanol–water partition coefficient (Wildman–Crippen LogP) is 8.31. The van der Waals surface area contributed by atoms with Gasteiger partial charge in [0.15, 0.2) is 0 Å². The third kappa shape index (κ3) is 11.2. The second-order valence-electron chi connectivity index (χ2n) is 9.69. The quantitative estimate of drug-likeness (QED) is 0.106. The van der Waals surface area contributed by atoms with Crippen LogP contribution in [0.2, 0.25) is 0 Å². The average molecular weight is 547 g/mol. The fourth-order valence-corrected chi connectivity index (χ4v) is 4.87. The molecule has 5 nitrogen and oxygen atoms in total. The van der Waals surface area contributed by atoms with Gasteiger partial charge in [0, 0.05) is 5.56 Å². The molecule has 0 unspecified atom stereocenters. The van der Waals surface area contributed by atoms with Crippen molar-refractivity contribution in [3.63, 3.8) is 0 Å². The summed E-state index contributed by atoms with van der Waals surface area (Å²) in [7, 11) is -4.64. The molecule has 39 heavy (non-hydrogen) atoms. The van der Waals surface area contributed by atoms with Crippen LogP contribution in [0.1, 0.15) is 56.1 Å². The van der Waals surface area contributed by atoms with Gasteiger partial charge in [0.2, 0.25) is 0 Å². The van der Waals surface area contributed by atoms with Gasteiger partial charge in [0.05, 0.1) is 0 Å². The Balaban J connectivity index is 0.000000771. The molecular weight excluding hydrogens is 507 g/mol. The molecule has 0 fully saturated rings. The van der Waals surface area contributed by atoms with Crippen LogP contribution in [-0.2, 0) is 17.4 Å². The summed E-state index contributed by atoms with van der Waals surface area (Å²) < 4.78 is 8.88. The minimum absolute atomic E-state index is 0.374. The first-order valence-electron chi connectivity index (χ1n) is 13.6. The van der Waals surface area contributed by atoms with Crippen LogP contribution in [0.15, 0.2) is 103 Å². The van der Waals surface area contributed by atoms with Gasteiger partial charge >= 0.3 is 7.82 Å². The maximum Gasteiger partial charge on any atom is 0.466 e. The Kier molecular flexibility index (Phi) is 12.5. The second kappa shape index (κ2) is 16.0. The van der Waals surface area contributed by atoms with Crippen molar-refractivity contribution in [2.45, 2.75) is 57.8 Å². The van der Waals surface area contributed by atoms with E-state index >= 15 is 0 Å². The van der Waals surface area contributed by atoms with Crippen LogP contribution in [0, 0.1) is 0 Å². The largest absolute Gasteiger partial charge is 0.507 e. The number of rotatable bonds is 12. The van der Waals surface area contributed by atoms with Gasteiger partial charge in [-0.25, -0.2) is 4.57 Å². The van der Waals surface area contributed by atoms with Crippen LogP contribution in [0.3, 0.4) is 0 Å². The average Bonchev–Trinajstić information content (AvgIpc) is 2.93. The summed E-state index contributed by atoms with van der Waals surface area (Å²) in [6.07, 6.45) is 11.1. The Bertz CT molecular complexity index is 1280. The van der Waals surface area contributed by atoms with Crippen LogP contribution in [0.25, 0.3) is 22.3 Å². The zero-order valence-corrected chi connectivity index (χ0v) is 23.2. The molecule has 0 atom stereocenters. The van der Waals surface area contributed by atoms with E-state index in [-0.39, 0.29) is 0 Å². The van der Waals surface area contributed by atoms with E-state index in [0.29, 0.717) is 5.75 Å². The Morgan fingerprint density at radius 1 is 0.513 bits per heavy atom. The molecule has 4 aromatic rings. The van der Waals surface area contributed by atoms with E-state index in [4.69, 9.17) is 19.2 Å². The van der Waals surface area contributed by atoms with E-state index < -0.39 is 7.82 Å². The first-order valence-corrected chi connectivity index (χ1v) is 15.2. The summed E-state index contributed by atoms with van der Waals surface area (Å²) in [5, 5.41) is 10.8. The lowest BCUT2D eigenvalue weighted by atomic mass is 9.88. The van der Waals surface area contributed by atoms with Crippen molar-refractivity contribution in [2.24, 2.45) is 0 Å². The minimum atomic E-state index is -4.64. The lowest BCUT2D eigenvalue weighted by Gasteiger charge is -2.17. The van der Waals surface area contributed by atoms with Gasteiger partial charge in [-0.1, -0.05) is 129 Å². The monoisotopic (exact) mass is 546 g/mol. The van der Waals surface area contributed by atoms with Gasteiger partial charge in [-0.3, -0.25) is 0 Å². The van der Waals surface area contributed by atoms with Crippen LogP contribution >= 0.6 is 7.82 Å². The third-order valence-electron chi connectivity index (χ3n) is 6.67. The molecule has 0 heterocycles. The zero-order valence-electron chi connectivity index (χ0n) is 22.3. The topological polar surface area (TPSA) is 98.0 Å². The van der Waals surface area contributed by atoms with Gasteiger partial charge < -0.3 is 19.8 Å². The first kappa shape index (κ1) is 30.3. The van der Waals surface area contributed by atoms with E-state index in [2.05, 4.69) is 78.9 Å². The van der Waals surface area contributed by atoms with E-state index in [0.717, 1.165) is 24.0 Å². The molecule has 0 saturated heterocycles. The highest BCUT2D eigenvalue weighted by Crippen LogP contribution is 2.39. The second-order valence-corrected chi connectivity index (χ2v) is 10.7. The molecule has 4 N–H and O–H groups in total. The number of unbranched alkanes of at least 4 members (excludes halogenated alkanes) is 6. The summed E-state index contributed by atoms with van der Waals surface area (Å²) in [4.78, 5) is 21.6. The highest BCUT2D eigenvalue weighted by atomic mass is 31.2. The molecule has 0 radical (unpaired) electrons. The van der Waals surface area contributed by atoms with E-state index in [1.54, 1.807) is 0 Å². The normalized spacial score (nSPS) is 11.1. The van der Waals surface area contributed by atoms with Gasteiger partial charge in [0.1, 0.15) is 5.75 Å². The molecular formula is C33H39O5P. The standard InChI is InChI=1S/C33H36O.H3O4P/c34-32-26-25-30(28-20-12-7-13-21-28)31(33(32)29-22-14-8-15-23-29)24-16-5-3-1-2-4-9-17-27-18-10-6-11-19-27;1-5(2,3)4/h6-8,10-15,18-23,25-26,34H,1-5,9,16-17,24H2;(H3,1,2,3,4). The molecule has 0 aliphatic heterocycles. The molecule has 0 bridgehead atoms. The van der Waals surface area contributed by atoms with Crippen molar-refractivity contribution in [1.29, 1.82) is 0 Å². The number of hydrogen-bond acceptors (Lipinski definition) is 2. The number of phenols is 1. The third-order valence-corrected chi connectivity index (χ3v) is 6.67. The maximum atomic E-state index is 10.8. The van der Waals surface area contributed by atoms with Gasteiger partial charge in [-0.15, -0.1) is 0 Å². The van der Waals surface area contributed by atoms with Gasteiger partial charge in [-0.2, -0.15) is 0 Å². The summed E-state index contributed by atoms with van der Waals surface area (Å²) >= 11 is 0. The highest BCUT2D eigenvalue weighted by Gasteiger charge is 2.16. The lowest BCUT2D eigenvalue weighted by Crippen LogP contribution is -1.96. The number of aryl methyl sites for hydroxylation is 1. The number of hydrogen-bond donors (Lipinski definition) is 4. The summed E-state index contributed by atoms with van der Waals surface area (Å²) in [5.41, 5.74) is 7.25. The molecule has 0 aliphatic carbocycles. The Morgan fingerprint density at radius 3 is 1.49 bits per heavy atom. The molecule has 0 amide bonds. The van der Waals surface area contributed by atoms with Crippen molar-refractivity contribution in [3.05, 3.63) is 114 Å². The Labute approximate surface area is 232 Å². The number of phenolic OH excluding ortho intramolecular Hbond substituents is 1. The zero-order chi connectivity index (χ0) is 27.9. The van der Waals surface area contributed by atoms with Crippen molar-refractivity contribution in [2.75, 3.05) is 0 Å². The SMILES string of the molecule is O=P(O)(O)O.Oc1ccc(-c2ccccc2)c(CCCCCCCCCc2ccccc2)c1-c1ccccc1. The molecule has 206 valence electrons. The summed E-state index contributed by atoms with van der Waals surface area (Å²) in [6.45, 7) is 0. The fraction of sp³-hybridized carbons (Fsp3) is 0.273. The molecule has 4 rings (SSSR count). The molecule has 0 spiro atoms. The van der Waals surface area contributed by atoms with Gasteiger partial charge in [0.25, 0.3) is 0 Å². The number of benzene rings is 4. The maximum absolute atomic E-state index is 10.8. The molecule has 0 aromatic heterocycles. The van der Waals surface area contributed by atoms with E-state index in [9.17, 15) is 5.11 Å². The van der Waals surface area contributed by atoms with Gasteiger partial charge in [-0.05, 0) is 59.6 Å². The molecule has 0 aliphatic rings. The lowest BCUT2D eigenvalue weighted by molar-refractivity contribution is 0.275. The van der Waals surface area contributed by atoms with Crippen LogP contribution in [0.5, 0.6) is 5.75 Å².